The maximum atomic E-state index is 12.2. The zero-order chi connectivity index (χ0) is 16.9. The van der Waals surface area contributed by atoms with E-state index in [4.69, 9.17) is 14.2 Å². The zero-order valence-corrected chi connectivity index (χ0v) is 13.8. The number of hydrogen-bond acceptors (Lipinski definition) is 4. The van der Waals surface area contributed by atoms with Crippen LogP contribution < -0.4 is 24.4 Å². The lowest BCUT2D eigenvalue weighted by Gasteiger charge is -2.15. The Bertz CT molecular complexity index is 733. The molecule has 0 saturated heterocycles. The fourth-order valence-corrected chi connectivity index (χ4v) is 2.68. The van der Waals surface area contributed by atoms with Crippen LogP contribution in [0.15, 0.2) is 42.5 Å². The predicted molar refractivity (Wildman–Crippen MR) is 89.6 cm³/mol. The van der Waals surface area contributed by atoms with Crippen molar-refractivity contribution in [2.75, 3.05) is 32.8 Å². The smallest absolute Gasteiger partial charge is 0.279 e. The van der Waals surface area contributed by atoms with E-state index in [-0.39, 0.29) is 12.7 Å². The average molecular weight is 329 g/mol. The van der Waals surface area contributed by atoms with Crippen molar-refractivity contribution in [3.8, 4) is 17.2 Å². The Morgan fingerprint density at radius 3 is 2.83 bits per heavy atom. The van der Waals surface area contributed by atoms with Crippen molar-refractivity contribution in [2.45, 2.75) is 6.54 Å². The van der Waals surface area contributed by atoms with Crippen LogP contribution in [0.25, 0.3) is 0 Å². The van der Waals surface area contributed by atoms with E-state index in [9.17, 15) is 4.79 Å². The van der Waals surface area contributed by atoms with Crippen LogP contribution in [-0.4, -0.2) is 33.4 Å². The largest absolute Gasteiger partial charge is 0.495 e. The Kier molecular flexibility index (Phi) is 4.86. The van der Waals surface area contributed by atoms with Gasteiger partial charge in [0.1, 0.15) is 12.3 Å². The van der Waals surface area contributed by atoms with Crippen molar-refractivity contribution in [3.05, 3.63) is 48.0 Å². The van der Waals surface area contributed by atoms with Crippen LogP contribution in [0.1, 0.15) is 5.56 Å². The highest BCUT2D eigenvalue weighted by atomic mass is 16.7. The van der Waals surface area contributed by atoms with Crippen LogP contribution in [-0.2, 0) is 11.3 Å². The molecule has 1 aliphatic heterocycles. The summed E-state index contributed by atoms with van der Waals surface area (Å²) in [5.74, 6) is 2.13. The van der Waals surface area contributed by atoms with Crippen molar-refractivity contribution in [2.24, 2.45) is 0 Å². The topological polar surface area (TPSA) is 61.2 Å². The normalized spacial score (nSPS) is 13.4. The number of quaternary nitrogens is 1. The van der Waals surface area contributed by atoms with Gasteiger partial charge in [-0.1, -0.05) is 12.1 Å². The first-order chi connectivity index (χ1) is 11.7. The lowest BCUT2D eigenvalue weighted by molar-refractivity contribution is -0.885. The van der Waals surface area contributed by atoms with E-state index < -0.39 is 0 Å². The quantitative estimate of drug-likeness (QED) is 0.832. The molecule has 0 aliphatic carbocycles. The molecule has 2 aromatic rings. The third-order valence-electron chi connectivity index (χ3n) is 3.79. The number of methoxy groups -OCH3 is 1. The van der Waals surface area contributed by atoms with E-state index in [1.54, 1.807) is 7.11 Å². The number of nitrogens with one attached hydrogen (secondary N) is 2. The fraction of sp³-hybridized carbons (Fsp3) is 0.278. The minimum Gasteiger partial charge on any atom is -0.495 e. The summed E-state index contributed by atoms with van der Waals surface area (Å²) >= 11 is 0. The summed E-state index contributed by atoms with van der Waals surface area (Å²) < 4.78 is 15.9. The summed E-state index contributed by atoms with van der Waals surface area (Å²) in [4.78, 5) is 13.3. The number of anilines is 1. The first kappa shape index (κ1) is 16.1. The van der Waals surface area contributed by atoms with Gasteiger partial charge in [-0.15, -0.1) is 0 Å². The van der Waals surface area contributed by atoms with Gasteiger partial charge in [0.2, 0.25) is 6.79 Å². The molecular formula is C18H21N2O4+. The van der Waals surface area contributed by atoms with Gasteiger partial charge in [-0.25, -0.2) is 0 Å². The average Bonchev–Trinajstić information content (AvgIpc) is 3.02. The minimum absolute atomic E-state index is 0.0576. The van der Waals surface area contributed by atoms with Crippen LogP contribution in [0.5, 0.6) is 17.2 Å². The first-order valence-electron chi connectivity index (χ1n) is 7.78. The number of likely N-dealkylation sites (N-methyl/N-ethyl adjacent to an activating group) is 1. The Balaban J connectivity index is 1.56. The van der Waals surface area contributed by atoms with Crippen LogP contribution in [0.3, 0.4) is 0 Å². The van der Waals surface area contributed by atoms with Crippen molar-refractivity contribution in [1.29, 1.82) is 0 Å². The lowest BCUT2D eigenvalue weighted by atomic mass is 10.2. The monoisotopic (exact) mass is 329 g/mol. The van der Waals surface area contributed by atoms with E-state index in [2.05, 4.69) is 5.32 Å². The summed E-state index contributed by atoms with van der Waals surface area (Å²) in [5.41, 5.74) is 1.78. The summed E-state index contributed by atoms with van der Waals surface area (Å²) in [6.45, 7) is 1.34. The second-order valence-corrected chi connectivity index (χ2v) is 5.75. The Morgan fingerprint density at radius 2 is 2.00 bits per heavy atom. The molecule has 1 atom stereocenters. The van der Waals surface area contributed by atoms with Crippen molar-refractivity contribution in [3.63, 3.8) is 0 Å². The van der Waals surface area contributed by atoms with Gasteiger partial charge in [-0.2, -0.15) is 0 Å². The maximum Gasteiger partial charge on any atom is 0.279 e. The minimum atomic E-state index is -0.0576. The fourth-order valence-electron chi connectivity index (χ4n) is 2.68. The second-order valence-electron chi connectivity index (χ2n) is 5.75. The third-order valence-corrected chi connectivity index (χ3v) is 3.79. The summed E-state index contributed by atoms with van der Waals surface area (Å²) in [7, 11) is 3.56. The van der Waals surface area contributed by atoms with Gasteiger partial charge in [-0.3, -0.25) is 4.79 Å². The number of para-hydroxylation sites is 2. The molecule has 0 saturated carbocycles. The number of benzene rings is 2. The van der Waals surface area contributed by atoms with Gasteiger partial charge in [0, 0.05) is 5.56 Å². The molecule has 1 unspecified atom stereocenters. The molecule has 0 radical (unpaired) electrons. The van der Waals surface area contributed by atoms with Gasteiger partial charge in [0.05, 0.1) is 19.8 Å². The number of rotatable bonds is 6. The zero-order valence-electron chi connectivity index (χ0n) is 13.8. The Morgan fingerprint density at radius 1 is 1.21 bits per heavy atom. The van der Waals surface area contributed by atoms with E-state index in [0.717, 1.165) is 28.5 Å². The molecule has 6 nitrogen and oxygen atoms in total. The van der Waals surface area contributed by atoms with E-state index in [0.29, 0.717) is 18.0 Å². The summed E-state index contributed by atoms with van der Waals surface area (Å²) in [5, 5.41) is 2.89. The molecule has 24 heavy (non-hydrogen) atoms. The van der Waals surface area contributed by atoms with E-state index in [1.165, 1.54) is 0 Å². The molecule has 1 aliphatic rings. The first-order valence-corrected chi connectivity index (χ1v) is 7.78. The van der Waals surface area contributed by atoms with Crippen LogP contribution in [0.4, 0.5) is 5.69 Å². The van der Waals surface area contributed by atoms with Crippen molar-refractivity contribution >= 4 is 11.6 Å². The molecule has 6 heteroatoms. The number of carbonyl (C=O) groups is 1. The molecule has 0 fully saturated rings. The number of hydrogen-bond donors (Lipinski definition) is 2. The van der Waals surface area contributed by atoms with Crippen LogP contribution in [0.2, 0.25) is 0 Å². The molecule has 126 valence electrons. The number of carbonyl (C=O) groups excluding carboxylic acids is 1. The van der Waals surface area contributed by atoms with Crippen LogP contribution in [0, 0.1) is 0 Å². The maximum absolute atomic E-state index is 12.2. The molecule has 0 aromatic heterocycles. The third kappa shape index (κ3) is 3.78. The lowest BCUT2D eigenvalue weighted by Crippen LogP contribution is -3.08. The standard InChI is InChI=1S/C18H20N2O4/c1-20(10-13-7-8-16-17(9-13)24-12-23-16)11-18(21)19-14-5-3-4-6-15(14)22-2/h3-9H,10-12H2,1-2H3,(H,19,21)/p+1. The van der Waals surface area contributed by atoms with Gasteiger partial charge in [-0.05, 0) is 30.3 Å². The van der Waals surface area contributed by atoms with Gasteiger partial charge in [0.25, 0.3) is 5.91 Å². The molecule has 2 N–H and O–H groups in total. The number of ether oxygens (including phenoxy) is 3. The second kappa shape index (κ2) is 7.23. The SMILES string of the molecule is COc1ccccc1NC(=O)C[NH+](C)Cc1ccc2c(c1)OCO2. The van der Waals surface area contributed by atoms with Crippen LogP contribution >= 0.6 is 0 Å². The molecule has 0 bridgehead atoms. The number of amides is 1. The molecular weight excluding hydrogens is 308 g/mol. The van der Waals surface area contributed by atoms with Gasteiger partial charge >= 0.3 is 0 Å². The molecule has 1 heterocycles. The highest BCUT2D eigenvalue weighted by Gasteiger charge is 2.16. The Labute approximate surface area is 140 Å². The summed E-state index contributed by atoms with van der Waals surface area (Å²) in [6, 6.07) is 13.2. The highest BCUT2D eigenvalue weighted by Crippen LogP contribution is 2.32. The van der Waals surface area contributed by atoms with Crippen molar-refractivity contribution < 1.29 is 23.9 Å². The highest BCUT2D eigenvalue weighted by molar-refractivity contribution is 5.92. The molecule has 2 aromatic carbocycles. The Hall–Kier alpha value is -2.73. The predicted octanol–water partition coefficient (Wildman–Crippen LogP) is 1.08. The van der Waals surface area contributed by atoms with Crippen molar-refractivity contribution in [1.82, 2.24) is 0 Å². The van der Waals surface area contributed by atoms with Gasteiger partial charge in [0.15, 0.2) is 18.0 Å². The summed E-state index contributed by atoms with van der Waals surface area (Å²) in [6.07, 6.45) is 0. The van der Waals surface area contributed by atoms with Gasteiger partial charge < -0.3 is 24.4 Å². The molecule has 1 amide bonds. The van der Waals surface area contributed by atoms with E-state index >= 15 is 0 Å². The van der Waals surface area contributed by atoms with E-state index in [1.807, 2.05) is 49.5 Å². The number of fused-ring (bicyclic) bond motifs is 1. The molecule has 3 rings (SSSR count). The molecule has 0 spiro atoms.